The SMILES string of the molecule is O=C(NCc1cccc(CO)n1)NCc1cccc(CO)n1. The molecule has 0 atom stereocenters. The van der Waals surface area contributed by atoms with Crippen LogP contribution in [0.5, 0.6) is 0 Å². The number of hydrogen-bond acceptors (Lipinski definition) is 5. The minimum Gasteiger partial charge on any atom is -0.390 e. The van der Waals surface area contributed by atoms with Gasteiger partial charge >= 0.3 is 6.03 Å². The summed E-state index contributed by atoms with van der Waals surface area (Å²) in [7, 11) is 0. The number of nitrogens with zero attached hydrogens (tertiary/aromatic N) is 2. The van der Waals surface area contributed by atoms with Crippen molar-refractivity contribution in [2.75, 3.05) is 0 Å². The number of hydrogen-bond donors (Lipinski definition) is 4. The van der Waals surface area contributed by atoms with E-state index in [0.717, 1.165) is 0 Å². The average molecular weight is 302 g/mol. The van der Waals surface area contributed by atoms with Crippen molar-refractivity contribution in [2.45, 2.75) is 26.3 Å². The standard InChI is InChI=1S/C15H18N4O3/c20-9-13-5-1-3-11(18-13)7-16-15(22)17-8-12-4-2-6-14(10-21)19-12/h1-6,20-21H,7-10H2,(H2,16,17,22). The van der Waals surface area contributed by atoms with Crippen molar-refractivity contribution in [3.8, 4) is 0 Å². The number of pyridine rings is 2. The van der Waals surface area contributed by atoms with Gasteiger partial charge in [-0.25, -0.2) is 4.79 Å². The van der Waals surface area contributed by atoms with Gasteiger partial charge in [-0.2, -0.15) is 0 Å². The van der Waals surface area contributed by atoms with Gasteiger partial charge in [-0.3, -0.25) is 9.97 Å². The molecular formula is C15H18N4O3. The predicted octanol–water partition coefficient (Wildman–Crippen LogP) is 0.461. The Morgan fingerprint density at radius 2 is 1.23 bits per heavy atom. The quantitative estimate of drug-likeness (QED) is 0.620. The highest BCUT2D eigenvalue weighted by Crippen LogP contribution is 2.00. The summed E-state index contributed by atoms with van der Waals surface area (Å²) >= 11 is 0. The van der Waals surface area contributed by atoms with Crippen LogP contribution in [0.15, 0.2) is 36.4 Å². The molecule has 116 valence electrons. The lowest BCUT2D eigenvalue weighted by Crippen LogP contribution is -2.35. The second-order valence-corrected chi connectivity index (χ2v) is 4.59. The van der Waals surface area contributed by atoms with Crippen LogP contribution in [0.25, 0.3) is 0 Å². The van der Waals surface area contributed by atoms with Crippen LogP contribution in [0.3, 0.4) is 0 Å². The zero-order chi connectivity index (χ0) is 15.8. The van der Waals surface area contributed by atoms with Gasteiger partial charge in [-0.1, -0.05) is 12.1 Å². The van der Waals surface area contributed by atoms with E-state index in [9.17, 15) is 4.79 Å². The Morgan fingerprint density at radius 1 is 0.818 bits per heavy atom. The summed E-state index contributed by atoms with van der Waals surface area (Å²) in [4.78, 5) is 20.1. The maximum atomic E-state index is 11.7. The van der Waals surface area contributed by atoms with Crippen LogP contribution in [0.4, 0.5) is 4.79 Å². The summed E-state index contributed by atoms with van der Waals surface area (Å²) in [6.07, 6.45) is 0. The maximum absolute atomic E-state index is 11.7. The Hall–Kier alpha value is -2.51. The van der Waals surface area contributed by atoms with Gasteiger partial charge in [0.15, 0.2) is 0 Å². The number of urea groups is 1. The van der Waals surface area contributed by atoms with E-state index in [1.807, 2.05) is 0 Å². The summed E-state index contributed by atoms with van der Waals surface area (Å²) in [6.45, 7) is 0.271. The van der Waals surface area contributed by atoms with Crippen LogP contribution in [-0.2, 0) is 26.3 Å². The minimum atomic E-state index is -0.340. The van der Waals surface area contributed by atoms with Crippen molar-refractivity contribution in [1.82, 2.24) is 20.6 Å². The third-order valence-corrected chi connectivity index (χ3v) is 2.91. The summed E-state index contributed by atoms with van der Waals surface area (Å²) in [5.41, 5.74) is 2.46. The molecule has 0 saturated heterocycles. The zero-order valence-corrected chi connectivity index (χ0v) is 12.0. The monoisotopic (exact) mass is 302 g/mol. The second kappa shape index (κ2) is 8.06. The molecule has 0 fully saturated rings. The molecule has 0 saturated carbocycles. The molecule has 2 rings (SSSR count). The molecule has 0 aromatic carbocycles. The average Bonchev–Trinajstić information content (AvgIpc) is 2.58. The lowest BCUT2D eigenvalue weighted by molar-refractivity contribution is 0.239. The molecule has 4 N–H and O–H groups in total. The molecule has 2 aromatic rings. The van der Waals surface area contributed by atoms with Crippen LogP contribution in [0.2, 0.25) is 0 Å². The zero-order valence-electron chi connectivity index (χ0n) is 12.0. The fourth-order valence-corrected chi connectivity index (χ4v) is 1.84. The summed E-state index contributed by atoms with van der Waals surface area (Å²) < 4.78 is 0. The van der Waals surface area contributed by atoms with Crippen LogP contribution >= 0.6 is 0 Å². The number of aromatic nitrogens is 2. The summed E-state index contributed by atoms with van der Waals surface area (Å²) in [5, 5.41) is 23.4. The minimum absolute atomic E-state index is 0.132. The van der Waals surface area contributed by atoms with Crippen LogP contribution in [0.1, 0.15) is 22.8 Å². The summed E-state index contributed by atoms with van der Waals surface area (Å²) in [5.74, 6) is 0. The first-order chi connectivity index (χ1) is 10.7. The number of amides is 2. The van der Waals surface area contributed by atoms with Crippen molar-refractivity contribution in [1.29, 1.82) is 0 Å². The van der Waals surface area contributed by atoms with Gasteiger partial charge in [0.2, 0.25) is 0 Å². The molecule has 7 nitrogen and oxygen atoms in total. The van der Waals surface area contributed by atoms with Crippen molar-refractivity contribution in [3.05, 3.63) is 59.2 Å². The van der Waals surface area contributed by atoms with Crippen molar-refractivity contribution < 1.29 is 15.0 Å². The molecule has 0 radical (unpaired) electrons. The Balaban J connectivity index is 1.80. The lowest BCUT2D eigenvalue weighted by Gasteiger charge is -2.08. The Bertz CT molecular complexity index is 580. The van der Waals surface area contributed by atoms with E-state index in [2.05, 4.69) is 20.6 Å². The van der Waals surface area contributed by atoms with E-state index in [1.54, 1.807) is 36.4 Å². The van der Waals surface area contributed by atoms with E-state index in [4.69, 9.17) is 10.2 Å². The van der Waals surface area contributed by atoms with Crippen LogP contribution < -0.4 is 10.6 Å². The van der Waals surface area contributed by atoms with E-state index in [1.165, 1.54) is 0 Å². The van der Waals surface area contributed by atoms with Gasteiger partial charge < -0.3 is 20.8 Å². The highest BCUT2D eigenvalue weighted by molar-refractivity contribution is 5.73. The summed E-state index contributed by atoms with van der Waals surface area (Å²) in [6, 6.07) is 10.2. The number of rotatable bonds is 6. The van der Waals surface area contributed by atoms with E-state index in [0.29, 0.717) is 22.8 Å². The van der Waals surface area contributed by atoms with Crippen molar-refractivity contribution in [2.24, 2.45) is 0 Å². The second-order valence-electron chi connectivity index (χ2n) is 4.59. The van der Waals surface area contributed by atoms with Gasteiger partial charge in [0, 0.05) is 0 Å². The molecule has 0 unspecified atom stereocenters. The Morgan fingerprint density at radius 3 is 1.64 bits per heavy atom. The van der Waals surface area contributed by atoms with Crippen LogP contribution in [0, 0.1) is 0 Å². The maximum Gasteiger partial charge on any atom is 0.315 e. The Kier molecular flexibility index (Phi) is 5.81. The molecule has 7 heteroatoms. The number of nitrogens with one attached hydrogen (secondary N) is 2. The first-order valence-electron chi connectivity index (χ1n) is 6.84. The normalized spacial score (nSPS) is 10.3. The smallest absolute Gasteiger partial charge is 0.315 e. The molecular weight excluding hydrogens is 284 g/mol. The fourth-order valence-electron chi connectivity index (χ4n) is 1.84. The molecule has 0 spiro atoms. The topological polar surface area (TPSA) is 107 Å². The third-order valence-electron chi connectivity index (χ3n) is 2.91. The van der Waals surface area contributed by atoms with E-state index >= 15 is 0 Å². The number of carbonyl (C=O) groups excluding carboxylic acids is 1. The van der Waals surface area contributed by atoms with Gasteiger partial charge in [0.25, 0.3) is 0 Å². The third kappa shape index (κ3) is 4.80. The molecule has 0 aliphatic carbocycles. The fraction of sp³-hybridized carbons (Fsp3) is 0.267. The first-order valence-corrected chi connectivity index (χ1v) is 6.84. The van der Waals surface area contributed by atoms with Crippen molar-refractivity contribution >= 4 is 6.03 Å². The highest BCUT2D eigenvalue weighted by Gasteiger charge is 2.03. The first kappa shape index (κ1) is 15.9. The van der Waals surface area contributed by atoms with Gasteiger partial charge in [-0.15, -0.1) is 0 Å². The molecule has 0 aliphatic heterocycles. The Labute approximate surface area is 128 Å². The number of aliphatic hydroxyl groups excluding tert-OH is 2. The number of carbonyl (C=O) groups is 1. The molecule has 2 heterocycles. The molecule has 22 heavy (non-hydrogen) atoms. The highest BCUT2D eigenvalue weighted by atomic mass is 16.3. The van der Waals surface area contributed by atoms with E-state index in [-0.39, 0.29) is 32.3 Å². The predicted molar refractivity (Wildman–Crippen MR) is 79.4 cm³/mol. The molecule has 0 aliphatic rings. The molecule has 2 aromatic heterocycles. The largest absolute Gasteiger partial charge is 0.390 e. The number of aliphatic hydroxyl groups is 2. The van der Waals surface area contributed by atoms with E-state index < -0.39 is 0 Å². The molecule has 2 amide bonds. The molecule has 0 bridgehead atoms. The van der Waals surface area contributed by atoms with Gasteiger partial charge in [-0.05, 0) is 24.3 Å². The van der Waals surface area contributed by atoms with Crippen LogP contribution in [-0.4, -0.2) is 26.2 Å². The van der Waals surface area contributed by atoms with Gasteiger partial charge in [0.1, 0.15) is 0 Å². The van der Waals surface area contributed by atoms with Crippen molar-refractivity contribution in [3.63, 3.8) is 0 Å². The lowest BCUT2D eigenvalue weighted by atomic mass is 10.3. The van der Waals surface area contributed by atoms with Gasteiger partial charge in [0.05, 0.1) is 49.1 Å².